The first-order valence-corrected chi connectivity index (χ1v) is 7.89. The van der Waals surface area contributed by atoms with Crippen LogP contribution < -0.4 is 5.32 Å². The molecule has 4 nitrogen and oxygen atoms in total. The second-order valence-corrected chi connectivity index (χ2v) is 6.07. The minimum atomic E-state index is -0.0579. The van der Waals surface area contributed by atoms with Crippen molar-refractivity contribution in [2.24, 2.45) is 0 Å². The standard InChI is InChI=1S/C15H28N2O2/c1-12(15(19)16-13-6-2-3-7-13)17-10-5-4-8-14(17)9-11-18/h12-14,18H,2-11H2,1H3,(H,16,19). The minimum Gasteiger partial charge on any atom is -0.396 e. The maximum Gasteiger partial charge on any atom is 0.237 e. The molecule has 19 heavy (non-hydrogen) atoms. The third-order valence-electron chi connectivity index (χ3n) is 4.71. The molecule has 2 unspecified atom stereocenters. The van der Waals surface area contributed by atoms with Crippen molar-refractivity contribution in [1.82, 2.24) is 10.2 Å². The zero-order valence-corrected chi connectivity index (χ0v) is 12.1. The van der Waals surface area contributed by atoms with E-state index >= 15 is 0 Å². The molecule has 0 aromatic carbocycles. The monoisotopic (exact) mass is 268 g/mol. The second kappa shape index (κ2) is 7.25. The third-order valence-corrected chi connectivity index (χ3v) is 4.71. The fourth-order valence-corrected chi connectivity index (χ4v) is 3.53. The predicted octanol–water partition coefficient (Wildman–Crippen LogP) is 1.67. The molecule has 0 bridgehead atoms. The highest BCUT2D eigenvalue weighted by Gasteiger charge is 2.31. The number of carbonyl (C=O) groups is 1. The van der Waals surface area contributed by atoms with E-state index in [2.05, 4.69) is 10.2 Å². The van der Waals surface area contributed by atoms with Crippen molar-refractivity contribution in [3.63, 3.8) is 0 Å². The van der Waals surface area contributed by atoms with E-state index in [1.165, 1.54) is 25.7 Å². The molecule has 1 aliphatic carbocycles. The summed E-state index contributed by atoms with van der Waals surface area (Å²) >= 11 is 0. The highest BCUT2D eigenvalue weighted by Crippen LogP contribution is 2.23. The van der Waals surface area contributed by atoms with E-state index in [1.54, 1.807) is 0 Å². The van der Waals surface area contributed by atoms with Gasteiger partial charge in [-0.05, 0) is 45.6 Å². The molecule has 0 aromatic rings. The lowest BCUT2D eigenvalue weighted by Gasteiger charge is -2.39. The average molecular weight is 268 g/mol. The molecule has 2 fully saturated rings. The topological polar surface area (TPSA) is 52.6 Å². The Bertz CT molecular complexity index is 288. The van der Waals surface area contributed by atoms with E-state index in [1.807, 2.05) is 6.92 Å². The number of piperidine rings is 1. The number of aliphatic hydroxyl groups is 1. The van der Waals surface area contributed by atoms with Gasteiger partial charge in [0.25, 0.3) is 0 Å². The van der Waals surface area contributed by atoms with Gasteiger partial charge in [0.1, 0.15) is 0 Å². The molecule has 0 spiro atoms. The van der Waals surface area contributed by atoms with Crippen molar-refractivity contribution in [2.75, 3.05) is 13.2 Å². The summed E-state index contributed by atoms with van der Waals surface area (Å²) in [5, 5.41) is 12.4. The smallest absolute Gasteiger partial charge is 0.237 e. The highest BCUT2D eigenvalue weighted by atomic mass is 16.3. The molecular weight excluding hydrogens is 240 g/mol. The summed E-state index contributed by atoms with van der Waals surface area (Å²) in [7, 11) is 0. The molecule has 2 N–H and O–H groups in total. The number of carbonyl (C=O) groups excluding carboxylic acids is 1. The van der Waals surface area contributed by atoms with Crippen molar-refractivity contribution >= 4 is 5.91 Å². The number of nitrogens with zero attached hydrogens (tertiary/aromatic N) is 1. The van der Waals surface area contributed by atoms with Crippen LogP contribution in [0.4, 0.5) is 0 Å². The fraction of sp³-hybridized carbons (Fsp3) is 0.933. The number of amides is 1. The van der Waals surface area contributed by atoms with Crippen LogP contribution in [0.3, 0.4) is 0 Å². The molecule has 1 heterocycles. The molecule has 110 valence electrons. The van der Waals surface area contributed by atoms with Gasteiger partial charge in [0.2, 0.25) is 5.91 Å². The van der Waals surface area contributed by atoms with Crippen LogP contribution in [0, 0.1) is 0 Å². The van der Waals surface area contributed by atoms with Crippen molar-refractivity contribution in [3.05, 3.63) is 0 Å². The van der Waals surface area contributed by atoms with E-state index in [0.29, 0.717) is 12.1 Å². The van der Waals surface area contributed by atoms with Crippen LogP contribution in [-0.4, -0.2) is 47.2 Å². The Morgan fingerprint density at radius 2 is 1.95 bits per heavy atom. The summed E-state index contributed by atoms with van der Waals surface area (Å²) in [5.41, 5.74) is 0. The SMILES string of the molecule is CC(C(=O)NC1CCCC1)N1CCCCC1CCO. The number of likely N-dealkylation sites (tertiary alicyclic amines) is 1. The molecule has 1 amide bonds. The maximum absolute atomic E-state index is 12.3. The first-order valence-electron chi connectivity index (χ1n) is 7.89. The van der Waals surface area contributed by atoms with Gasteiger partial charge < -0.3 is 10.4 Å². The lowest BCUT2D eigenvalue weighted by molar-refractivity contribution is -0.128. The van der Waals surface area contributed by atoms with Gasteiger partial charge in [-0.15, -0.1) is 0 Å². The first kappa shape index (κ1) is 14.8. The summed E-state index contributed by atoms with van der Waals surface area (Å²) < 4.78 is 0. The summed E-state index contributed by atoms with van der Waals surface area (Å²) in [6, 6.07) is 0.719. The number of nitrogens with one attached hydrogen (secondary N) is 1. The van der Waals surface area contributed by atoms with Crippen LogP contribution in [0.2, 0.25) is 0 Å². The van der Waals surface area contributed by atoms with Gasteiger partial charge in [0.05, 0.1) is 6.04 Å². The van der Waals surface area contributed by atoms with Gasteiger partial charge in [0, 0.05) is 18.7 Å². The van der Waals surface area contributed by atoms with Gasteiger partial charge in [0.15, 0.2) is 0 Å². The number of hydrogen-bond acceptors (Lipinski definition) is 3. The summed E-state index contributed by atoms with van der Waals surface area (Å²) in [5.74, 6) is 0.178. The zero-order valence-electron chi connectivity index (χ0n) is 12.1. The van der Waals surface area contributed by atoms with Crippen LogP contribution >= 0.6 is 0 Å². The largest absolute Gasteiger partial charge is 0.396 e. The molecule has 0 radical (unpaired) electrons. The highest BCUT2D eigenvalue weighted by molar-refractivity contribution is 5.81. The average Bonchev–Trinajstić information content (AvgIpc) is 2.92. The van der Waals surface area contributed by atoms with Crippen molar-refractivity contribution in [3.8, 4) is 0 Å². The van der Waals surface area contributed by atoms with E-state index in [0.717, 1.165) is 32.2 Å². The Kier molecular flexibility index (Phi) is 5.64. The Labute approximate surface area is 116 Å². The molecule has 1 aliphatic heterocycles. The summed E-state index contributed by atoms with van der Waals surface area (Å²) in [4.78, 5) is 14.6. The molecule has 1 saturated carbocycles. The van der Waals surface area contributed by atoms with Gasteiger partial charge in [-0.3, -0.25) is 9.69 Å². The second-order valence-electron chi connectivity index (χ2n) is 6.07. The zero-order chi connectivity index (χ0) is 13.7. The van der Waals surface area contributed by atoms with Gasteiger partial charge in [-0.1, -0.05) is 19.3 Å². The van der Waals surface area contributed by atoms with Gasteiger partial charge >= 0.3 is 0 Å². The molecule has 0 aromatic heterocycles. The lowest BCUT2D eigenvalue weighted by atomic mass is 9.97. The van der Waals surface area contributed by atoms with E-state index < -0.39 is 0 Å². The van der Waals surface area contributed by atoms with E-state index in [9.17, 15) is 4.79 Å². The third kappa shape index (κ3) is 3.93. The normalized spacial score (nSPS) is 27.4. The Balaban J connectivity index is 1.87. The number of aliphatic hydroxyl groups excluding tert-OH is 1. The van der Waals surface area contributed by atoms with Crippen LogP contribution in [0.15, 0.2) is 0 Å². The first-order chi connectivity index (χ1) is 9.22. The van der Waals surface area contributed by atoms with Crippen LogP contribution in [0.25, 0.3) is 0 Å². The van der Waals surface area contributed by atoms with Crippen LogP contribution in [0.1, 0.15) is 58.3 Å². The van der Waals surface area contributed by atoms with Gasteiger partial charge in [-0.2, -0.15) is 0 Å². The predicted molar refractivity (Wildman–Crippen MR) is 75.9 cm³/mol. The van der Waals surface area contributed by atoms with Gasteiger partial charge in [-0.25, -0.2) is 0 Å². The summed E-state index contributed by atoms with van der Waals surface area (Å²) in [6.07, 6.45) is 9.06. The maximum atomic E-state index is 12.3. The molecule has 2 aliphatic rings. The summed E-state index contributed by atoms with van der Waals surface area (Å²) in [6.45, 7) is 3.22. The molecule has 2 atom stereocenters. The lowest BCUT2D eigenvalue weighted by Crippen LogP contribution is -2.53. The molecule has 1 saturated heterocycles. The van der Waals surface area contributed by atoms with Crippen molar-refractivity contribution in [1.29, 1.82) is 0 Å². The van der Waals surface area contributed by atoms with Crippen LogP contribution in [0.5, 0.6) is 0 Å². The number of rotatable bonds is 5. The minimum absolute atomic E-state index is 0.0579. The number of hydrogen-bond donors (Lipinski definition) is 2. The Morgan fingerprint density at radius 1 is 1.26 bits per heavy atom. The van der Waals surface area contributed by atoms with E-state index in [-0.39, 0.29) is 18.6 Å². The van der Waals surface area contributed by atoms with E-state index in [4.69, 9.17) is 5.11 Å². The molecular formula is C15H28N2O2. The van der Waals surface area contributed by atoms with Crippen LogP contribution in [-0.2, 0) is 4.79 Å². The Hall–Kier alpha value is -0.610. The molecule has 2 rings (SSSR count). The fourth-order valence-electron chi connectivity index (χ4n) is 3.53. The van der Waals surface area contributed by atoms with Crippen molar-refractivity contribution in [2.45, 2.75) is 76.4 Å². The Morgan fingerprint density at radius 3 is 2.63 bits per heavy atom. The quantitative estimate of drug-likeness (QED) is 0.797. The van der Waals surface area contributed by atoms with Crippen molar-refractivity contribution < 1.29 is 9.90 Å². The molecule has 4 heteroatoms.